The molecule has 2 rings (SSSR count). The molecule has 0 aromatic heterocycles. The van der Waals surface area contributed by atoms with Crippen LogP contribution in [-0.2, 0) is 9.53 Å². The predicted octanol–water partition coefficient (Wildman–Crippen LogP) is 1.58. The van der Waals surface area contributed by atoms with Gasteiger partial charge in [0.05, 0.1) is 5.54 Å². The molecule has 0 spiro atoms. The summed E-state index contributed by atoms with van der Waals surface area (Å²) in [6.07, 6.45) is 8.56. The summed E-state index contributed by atoms with van der Waals surface area (Å²) in [5, 5.41) is 3.10. The first-order valence-electron chi connectivity index (χ1n) is 7.16. The summed E-state index contributed by atoms with van der Waals surface area (Å²) in [5.74, 6) is 0.0590. The van der Waals surface area contributed by atoms with E-state index >= 15 is 0 Å². The number of hydrogen-bond donors (Lipinski definition) is 2. The third kappa shape index (κ3) is 2.86. The summed E-state index contributed by atoms with van der Waals surface area (Å²) in [5.41, 5.74) is 5.84. The minimum Gasteiger partial charge on any atom is -0.385 e. The van der Waals surface area contributed by atoms with E-state index in [0.29, 0.717) is 0 Å². The lowest BCUT2D eigenvalue weighted by atomic mass is 9.66. The minimum atomic E-state index is -0.591. The normalized spacial score (nSPS) is 24.6. The van der Waals surface area contributed by atoms with Gasteiger partial charge in [-0.2, -0.15) is 0 Å². The van der Waals surface area contributed by atoms with E-state index in [-0.39, 0.29) is 11.3 Å². The molecule has 4 heteroatoms. The smallest absolute Gasteiger partial charge is 0.240 e. The molecule has 0 saturated heterocycles. The average molecular weight is 254 g/mol. The molecule has 0 atom stereocenters. The number of amides is 1. The van der Waals surface area contributed by atoms with Crippen molar-refractivity contribution in [2.45, 2.75) is 56.9 Å². The Labute approximate surface area is 110 Å². The van der Waals surface area contributed by atoms with E-state index in [4.69, 9.17) is 10.5 Å². The van der Waals surface area contributed by atoms with Crippen LogP contribution in [0, 0.1) is 5.41 Å². The van der Waals surface area contributed by atoms with Crippen molar-refractivity contribution in [3.8, 4) is 0 Å². The molecule has 0 unspecified atom stereocenters. The summed E-state index contributed by atoms with van der Waals surface area (Å²) in [6.45, 7) is 1.55. The van der Waals surface area contributed by atoms with Crippen LogP contribution in [0.2, 0.25) is 0 Å². The van der Waals surface area contributed by atoms with Crippen molar-refractivity contribution >= 4 is 5.91 Å². The van der Waals surface area contributed by atoms with Gasteiger partial charge in [-0.1, -0.05) is 19.3 Å². The van der Waals surface area contributed by atoms with Gasteiger partial charge in [0.2, 0.25) is 5.91 Å². The maximum atomic E-state index is 12.2. The Bertz CT molecular complexity index is 294. The second kappa shape index (κ2) is 5.57. The molecule has 0 heterocycles. The van der Waals surface area contributed by atoms with Gasteiger partial charge >= 0.3 is 0 Å². The van der Waals surface area contributed by atoms with E-state index in [1.54, 1.807) is 7.11 Å². The zero-order valence-corrected chi connectivity index (χ0v) is 11.5. The average Bonchev–Trinajstić information content (AvgIpc) is 2.75. The number of nitrogens with one attached hydrogen (secondary N) is 1. The molecule has 2 aliphatic carbocycles. The molecule has 2 fully saturated rings. The van der Waals surface area contributed by atoms with Crippen LogP contribution in [0.4, 0.5) is 0 Å². The molecule has 0 aromatic carbocycles. The van der Waals surface area contributed by atoms with Gasteiger partial charge in [0, 0.05) is 20.3 Å². The summed E-state index contributed by atoms with van der Waals surface area (Å²) in [7, 11) is 1.73. The van der Waals surface area contributed by atoms with E-state index in [9.17, 15) is 4.79 Å². The lowest BCUT2D eigenvalue weighted by Crippen LogP contribution is -2.54. The Morgan fingerprint density at radius 1 is 1.22 bits per heavy atom. The maximum Gasteiger partial charge on any atom is 0.240 e. The molecular weight excluding hydrogens is 228 g/mol. The first-order chi connectivity index (χ1) is 8.60. The largest absolute Gasteiger partial charge is 0.385 e. The van der Waals surface area contributed by atoms with Gasteiger partial charge in [0.1, 0.15) is 0 Å². The second-order valence-electron chi connectivity index (χ2n) is 6.14. The zero-order valence-electron chi connectivity index (χ0n) is 11.5. The highest BCUT2D eigenvalue weighted by molar-refractivity contribution is 5.86. The molecule has 18 heavy (non-hydrogen) atoms. The summed E-state index contributed by atoms with van der Waals surface area (Å²) < 4.78 is 5.16. The van der Waals surface area contributed by atoms with Crippen molar-refractivity contribution in [3.05, 3.63) is 0 Å². The minimum absolute atomic E-state index is 0.0590. The highest BCUT2D eigenvalue weighted by Gasteiger charge is 2.40. The van der Waals surface area contributed by atoms with Gasteiger partial charge in [0.25, 0.3) is 0 Å². The Morgan fingerprint density at radius 2 is 1.89 bits per heavy atom. The predicted molar refractivity (Wildman–Crippen MR) is 71.2 cm³/mol. The molecular formula is C14H26N2O2. The van der Waals surface area contributed by atoms with Crippen LogP contribution in [0.1, 0.15) is 51.4 Å². The van der Waals surface area contributed by atoms with Crippen molar-refractivity contribution in [2.24, 2.45) is 11.1 Å². The van der Waals surface area contributed by atoms with Gasteiger partial charge in [-0.05, 0) is 37.5 Å². The second-order valence-corrected chi connectivity index (χ2v) is 6.14. The fourth-order valence-corrected chi connectivity index (χ4v) is 3.19. The lowest BCUT2D eigenvalue weighted by Gasteiger charge is -2.42. The summed E-state index contributed by atoms with van der Waals surface area (Å²) in [6, 6.07) is 0. The number of ether oxygens (including phenoxy) is 1. The number of nitrogens with two attached hydrogens (primary N) is 1. The quantitative estimate of drug-likeness (QED) is 0.756. The standard InChI is InChI=1S/C14H26N2O2/c1-18-10-9-13(5-4-6-13)11-16-12(17)14(15)7-2-3-8-14/h2-11,15H2,1H3,(H,16,17). The fourth-order valence-electron chi connectivity index (χ4n) is 3.19. The van der Waals surface area contributed by atoms with Crippen LogP contribution in [0.25, 0.3) is 0 Å². The highest BCUT2D eigenvalue weighted by Crippen LogP contribution is 2.43. The number of methoxy groups -OCH3 is 1. The molecule has 104 valence electrons. The van der Waals surface area contributed by atoms with Crippen LogP contribution in [0.15, 0.2) is 0 Å². The van der Waals surface area contributed by atoms with E-state index in [1.807, 2.05) is 0 Å². The van der Waals surface area contributed by atoms with Crippen molar-refractivity contribution < 1.29 is 9.53 Å². The lowest BCUT2D eigenvalue weighted by molar-refractivity contribution is -0.127. The Balaban J connectivity index is 1.80. The number of hydrogen-bond acceptors (Lipinski definition) is 3. The van der Waals surface area contributed by atoms with Crippen LogP contribution >= 0.6 is 0 Å². The monoisotopic (exact) mass is 254 g/mol. The van der Waals surface area contributed by atoms with Gasteiger partial charge in [0.15, 0.2) is 0 Å². The van der Waals surface area contributed by atoms with E-state index < -0.39 is 5.54 Å². The molecule has 2 saturated carbocycles. The maximum absolute atomic E-state index is 12.2. The molecule has 0 bridgehead atoms. The molecule has 2 aliphatic rings. The van der Waals surface area contributed by atoms with Crippen LogP contribution < -0.4 is 11.1 Å². The van der Waals surface area contributed by atoms with E-state index in [2.05, 4.69) is 5.32 Å². The Hall–Kier alpha value is -0.610. The van der Waals surface area contributed by atoms with Crippen molar-refractivity contribution in [1.29, 1.82) is 0 Å². The van der Waals surface area contributed by atoms with Gasteiger partial charge < -0.3 is 15.8 Å². The number of rotatable bonds is 6. The molecule has 1 amide bonds. The summed E-state index contributed by atoms with van der Waals surface area (Å²) >= 11 is 0. The topological polar surface area (TPSA) is 64.3 Å². The highest BCUT2D eigenvalue weighted by atomic mass is 16.5. The first kappa shape index (κ1) is 13.8. The van der Waals surface area contributed by atoms with Gasteiger partial charge in [-0.3, -0.25) is 4.79 Å². The van der Waals surface area contributed by atoms with E-state index in [1.165, 1.54) is 19.3 Å². The molecule has 0 aromatic rings. The number of carbonyl (C=O) groups is 1. The van der Waals surface area contributed by atoms with Crippen LogP contribution in [0.3, 0.4) is 0 Å². The Kier molecular flexibility index (Phi) is 4.28. The van der Waals surface area contributed by atoms with Crippen LogP contribution in [0.5, 0.6) is 0 Å². The van der Waals surface area contributed by atoms with Gasteiger partial charge in [-0.25, -0.2) is 0 Å². The summed E-state index contributed by atoms with van der Waals surface area (Å²) in [4.78, 5) is 12.2. The molecule has 0 aliphatic heterocycles. The number of carbonyl (C=O) groups excluding carboxylic acids is 1. The fraction of sp³-hybridized carbons (Fsp3) is 0.929. The Morgan fingerprint density at radius 3 is 2.39 bits per heavy atom. The molecule has 4 nitrogen and oxygen atoms in total. The third-order valence-corrected chi connectivity index (χ3v) is 4.82. The van der Waals surface area contributed by atoms with Crippen molar-refractivity contribution in [1.82, 2.24) is 5.32 Å². The van der Waals surface area contributed by atoms with Crippen molar-refractivity contribution in [3.63, 3.8) is 0 Å². The van der Waals surface area contributed by atoms with Crippen molar-refractivity contribution in [2.75, 3.05) is 20.3 Å². The first-order valence-corrected chi connectivity index (χ1v) is 7.16. The molecule has 3 N–H and O–H groups in total. The van der Waals surface area contributed by atoms with E-state index in [0.717, 1.165) is 45.3 Å². The SMILES string of the molecule is COCCC1(CNC(=O)C2(N)CCCC2)CCC1. The van der Waals surface area contributed by atoms with Crippen LogP contribution in [-0.4, -0.2) is 31.7 Å². The molecule has 0 radical (unpaired) electrons. The van der Waals surface area contributed by atoms with Gasteiger partial charge in [-0.15, -0.1) is 0 Å². The zero-order chi connectivity index (χ0) is 13.1. The third-order valence-electron chi connectivity index (χ3n) is 4.82.